The third-order valence-electron chi connectivity index (χ3n) is 3.74. The van der Waals surface area contributed by atoms with Crippen molar-refractivity contribution in [2.45, 2.75) is 32.4 Å². The smallest absolute Gasteiger partial charge is 0.0798 e. The molecule has 0 aliphatic heterocycles. The number of aromatic nitrogens is 1. The molecule has 2 rings (SSSR count). The maximum atomic E-state index is 5.95. The Morgan fingerprint density at radius 2 is 2.05 bits per heavy atom. The lowest BCUT2D eigenvalue weighted by Gasteiger charge is -2.26. The minimum Gasteiger partial charge on any atom is -0.329 e. The Morgan fingerprint density at radius 3 is 2.65 bits per heavy atom. The Kier molecular flexibility index (Phi) is 5.71. The predicted molar refractivity (Wildman–Crippen MR) is 85.9 cm³/mol. The van der Waals surface area contributed by atoms with Crippen molar-refractivity contribution in [3.05, 3.63) is 52.0 Å². The highest BCUT2D eigenvalue weighted by Gasteiger charge is 2.15. The molecule has 0 bridgehead atoms. The summed E-state index contributed by atoms with van der Waals surface area (Å²) in [7, 11) is 2.15. The molecule has 0 radical (unpaired) electrons. The van der Waals surface area contributed by atoms with Crippen LogP contribution in [-0.2, 0) is 13.0 Å². The van der Waals surface area contributed by atoms with E-state index in [1.165, 1.54) is 10.4 Å². The molecule has 2 N–H and O–H groups in total. The second kappa shape index (κ2) is 7.53. The standard InChI is InChI=1S/C16H23N3S/c1-13-16(20-12-18-13)11-19(2)15(10-17)9-8-14-6-4-3-5-7-14/h3-7,12,15H,8-11,17H2,1-2H3. The first-order valence-electron chi connectivity index (χ1n) is 7.04. The fraction of sp³-hybridized carbons (Fsp3) is 0.438. The molecule has 1 unspecified atom stereocenters. The van der Waals surface area contributed by atoms with Crippen LogP contribution in [0.2, 0.25) is 0 Å². The zero-order valence-corrected chi connectivity index (χ0v) is 13.1. The number of thiazole rings is 1. The summed E-state index contributed by atoms with van der Waals surface area (Å²) in [5, 5.41) is 0. The molecule has 4 heteroatoms. The molecule has 1 atom stereocenters. The summed E-state index contributed by atoms with van der Waals surface area (Å²) in [4.78, 5) is 8.00. The molecule has 0 amide bonds. The summed E-state index contributed by atoms with van der Waals surface area (Å²) in [6, 6.07) is 11.0. The van der Waals surface area contributed by atoms with E-state index in [0.717, 1.165) is 25.1 Å². The second-order valence-electron chi connectivity index (χ2n) is 5.19. The van der Waals surface area contributed by atoms with Crippen molar-refractivity contribution in [1.29, 1.82) is 0 Å². The van der Waals surface area contributed by atoms with Crippen LogP contribution in [0.4, 0.5) is 0 Å². The van der Waals surface area contributed by atoms with Crippen molar-refractivity contribution in [2.75, 3.05) is 13.6 Å². The quantitative estimate of drug-likeness (QED) is 0.852. The third kappa shape index (κ3) is 4.13. The molecule has 0 aliphatic carbocycles. The van der Waals surface area contributed by atoms with E-state index in [1.807, 2.05) is 5.51 Å². The van der Waals surface area contributed by atoms with Crippen LogP contribution in [0.25, 0.3) is 0 Å². The summed E-state index contributed by atoms with van der Waals surface area (Å²) in [5.41, 5.74) is 10.4. The van der Waals surface area contributed by atoms with Gasteiger partial charge in [0.05, 0.1) is 11.2 Å². The highest BCUT2D eigenvalue weighted by atomic mass is 32.1. The van der Waals surface area contributed by atoms with Crippen LogP contribution in [0, 0.1) is 6.92 Å². The Balaban J connectivity index is 1.89. The molecule has 3 nitrogen and oxygen atoms in total. The number of nitrogens with two attached hydrogens (primary N) is 1. The molecule has 0 fully saturated rings. The molecular weight excluding hydrogens is 266 g/mol. The minimum absolute atomic E-state index is 0.414. The summed E-state index contributed by atoms with van der Waals surface area (Å²) in [6.45, 7) is 3.70. The van der Waals surface area contributed by atoms with Gasteiger partial charge >= 0.3 is 0 Å². The predicted octanol–water partition coefficient (Wildman–Crippen LogP) is 2.84. The van der Waals surface area contributed by atoms with Crippen molar-refractivity contribution in [3.8, 4) is 0 Å². The highest BCUT2D eigenvalue weighted by Crippen LogP contribution is 2.17. The molecule has 1 aromatic carbocycles. The first kappa shape index (κ1) is 15.2. The number of aryl methyl sites for hydroxylation is 2. The SMILES string of the molecule is Cc1ncsc1CN(C)C(CN)CCc1ccccc1. The molecular formula is C16H23N3S. The molecule has 0 saturated carbocycles. The average Bonchev–Trinajstić information content (AvgIpc) is 2.86. The number of likely N-dealkylation sites (N-methyl/N-ethyl adjacent to an activating group) is 1. The molecule has 1 heterocycles. The Labute approximate surface area is 125 Å². The van der Waals surface area contributed by atoms with Gasteiger partial charge in [-0.25, -0.2) is 4.98 Å². The van der Waals surface area contributed by atoms with Gasteiger partial charge in [0.15, 0.2) is 0 Å². The van der Waals surface area contributed by atoms with Gasteiger partial charge in [0, 0.05) is 24.0 Å². The van der Waals surface area contributed by atoms with Gasteiger partial charge in [0.25, 0.3) is 0 Å². The van der Waals surface area contributed by atoms with Gasteiger partial charge in [0.1, 0.15) is 0 Å². The van der Waals surface area contributed by atoms with Gasteiger partial charge < -0.3 is 5.73 Å². The zero-order chi connectivity index (χ0) is 14.4. The molecule has 1 aromatic heterocycles. The van der Waals surface area contributed by atoms with E-state index in [4.69, 9.17) is 5.73 Å². The zero-order valence-electron chi connectivity index (χ0n) is 12.2. The summed E-state index contributed by atoms with van der Waals surface area (Å²) in [6.07, 6.45) is 2.17. The fourth-order valence-corrected chi connectivity index (χ4v) is 3.17. The van der Waals surface area contributed by atoms with E-state index in [-0.39, 0.29) is 0 Å². The van der Waals surface area contributed by atoms with Crippen molar-refractivity contribution in [3.63, 3.8) is 0 Å². The molecule has 0 aliphatic rings. The lowest BCUT2D eigenvalue weighted by atomic mass is 10.0. The molecule has 0 saturated heterocycles. The van der Waals surface area contributed by atoms with Crippen LogP contribution < -0.4 is 5.73 Å². The summed E-state index contributed by atoms with van der Waals surface area (Å²) < 4.78 is 0. The van der Waals surface area contributed by atoms with E-state index in [9.17, 15) is 0 Å². The fourth-order valence-electron chi connectivity index (χ4n) is 2.33. The maximum Gasteiger partial charge on any atom is 0.0798 e. The van der Waals surface area contributed by atoms with Crippen molar-refractivity contribution in [1.82, 2.24) is 9.88 Å². The lowest BCUT2D eigenvalue weighted by Crippen LogP contribution is -2.37. The minimum atomic E-state index is 0.414. The van der Waals surface area contributed by atoms with E-state index >= 15 is 0 Å². The number of hydrogen-bond donors (Lipinski definition) is 1. The third-order valence-corrected chi connectivity index (χ3v) is 4.66. The monoisotopic (exact) mass is 289 g/mol. The Hall–Kier alpha value is -1.23. The number of hydrogen-bond acceptors (Lipinski definition) is 4. The van der Waals surface area contributed by atoms with Gasteiger partial charge in [0.2, 0.25) is 0 Å². The van der Waals surface area contributed by atoms with Gasteiger partial charge in [-0.3, -0.25) is 4.90 Å². The largest absolute Gasteiger partial charge is 0.329 e. The number of benzene rings is 1. The lowest BCUT2D eigenvalue weighted by molar-refractivity contribution is 0.228. The van der Waals surface area contributed by atoms with E-state index in [0.29, 0.717) is 12.6 Å². The maximum absolute atomic E-state index is 5.95. The van der Waals surface area contributed by atoms with E-state index in [2.05, 4.69) is 54.2 Å². The van der Waals surface area contributed by atoms with Crippen LogP contribution in [0.1, 0.15) is 22.6 Å². The molecule has 2 aromatic rings. The van der Waals surface area contributed by atoms with Crippen molar-refractivity contribution >= 4 is 11.3 Å². The van der Waals surface area contributed by atoms with E-state index < -0.39 is 0 Å². The van der Waals surface area contributed by atoms with Gasteiger partial charge in [-0.05, 0) is 32.4 Å². The Morgan fingerprint density at radius 1 is 1.30 bits per heavy atom. The first-order valence-corrected chi connectivity index (χ1v) is 7.92. The second-order valence-corrected chi connectivity index (χ2v) is 6.13. The van der Waals surface area contributed by atoms with Gasteiger partial charge in [-0.2, -0.15) is 0 Å². The topological polar surface area (TPSA) is 42.2 Å². The van der Waals surface area contributed by atoms with Gasteiger partial charge in [-0.1, -0.05) is 30.3 Å². The molecule has 20 heavy (non-hydrogen) atoms. The molecule has 0 spiro atoms. The van der Waals surface area contributed by atoms with Crippen LogP contribution in [0.15, 0.2) is 35.8 Å². The van der Waals surface area contributed by atoms with Crippen LogP contribution in [0.3, 0.4) is 0 Å². The normalized spacial score (nSPS) is 12.8. The first-order chi connectivity index (χ1) is 9.70. The molecule has 108 valence electrons. The Bertz CT molecular complexity index is 509. The van der Waals surface area contributed by atoms with Crippen LogP contribution in [0.5, 0.6) is 0 Å². The van der Waals surface area contributed by atoms with Crippen molar-refractivity contribution < 1.29 is 0 Å². The van der Waals surface area contributed by atoms with Crippen molar-refractivity contribution in [2.24, 2.45) is 5.73 Å². The van der Waals surface area contributed by atoms with Gasteiger partial charge in [-0.15, -0.1) is 11.3 Å². The summed E-state index contributed by atoms with van der Waals surface area (Å²) in [5.74, 6) is 0. The van der Waals surface area contributed by atoms with E-state index in [1.54, 1.807) is 11.3 Å². The van der Waals surface area contributed by atoms with Crippen LogP contribution in [-0.4, -0.2) is 29.5 Å². The summed E-state index contributed by atoms with van der Waals surface area (Å²) >= 11 is 1.73. The average molecular weight is 289 g/mol. The highest BCUT2D eigenvalue weighted by molar-refractivity contribution is 7.09. The number of rotatable bonds is 7. The number of nitrogens with zero attached hydrogens (tertiary/aromatic N) is 2. The van der Waals surface area contributed by atoms with Crippen LogP contribution >= 0.6 is 11.3 Å².